The summed E-state index contributed by atoms with van der Waals surface area (Å²) in [5, 5.41) is 20.1. The van der Waals surface area contributed by atoms with Crippen LogP contribution in [-0.4, -0.2) is 14.9 Å². The van der Waals surface area contributed by atoms with Gasteiger partial charge in [-0.15, -0.1) is 0 Å². The minimum Gasteiger partial charge on any atom is -0.258 e. The van der Waals surface area contributed by atoms with Crippen molar-refractivity contribution in [3.8, 4) is 6.07 Å². The van der Waals surface area contributed by atoms with E-state index in [9.17, 15) is 10.1 Å². The second-order valence-electron chi connectivity index (χ2n) is 3.18. The van der Waals surface area contributed by atoms with Crippen molar-refractivity contribution in [1.29, 1.82) is 5.26 Å². The van der Waals surface area contributed by atoms with Crippen molar-refractivity contribution < 1.29 is 4.92 Å². The molecule has 7 heteroatoms. The SMILES string of the molecule is N#Cc1ccc(Sc2ncccn2)cc1[N+](=O)[O-]. The fourth-order valence-electron chi connectivity index (χ4n) is 1.26. The molecule has 88 valence electrons. The lowest BCUT2D eigenvalue weighted by atomic mass is 10.2. The monoisotopic (exact) mass is 258 g/mol. The van der Waals surface area contributed by atoms with Gasteiger partial charge in [0.1, 0.15) is 11.6 Å². The van der Waals surface area contributed by atoms with E-state index >= 15 is 0 Å². The molecule has 0 radical (unpaired) electrons. The average molecular weight is 258 g/mol. The number of nitro groups is 1. The van der Waals surface area contributed by atoms with Gasteiger partial charge in [-0.2, -0.15) is 5.26 Å². The van der Waals surface area contributed by atoms with E-state index in [1.165, 1.54) is 23.9 Å². The van der Waals surface area contributed by atoms with Gasteiger partial charge < -0.3 is 0 Å². The van der Waals surface area contributed by atoms with E-state index in [1.807, 2.05) is 0 Å². The Morgan fingerprint density at radius 2 is 2.06 bits per heavy atom. The van der Waals surface area contributed by atoms with Crippen LogP contribution >= 0.6 is 11.8 Å². The number of nitriles is 1. The van der Waals surface area contributed by atoms with Crippen LogP contribution in [0.15, 0.2) is 46.7 Å². The summed E-state index contributed by atoms with van der Waals surface area (Å²) in [6.07, 6.45) is 3.18. The lowest BCUT2D eigenvalue weighted by Crippen LogP contribution is -1.92. The summed E-state index contributed by atoms with van der Waals surface area (Å²) < 4.78 is 0. The van der Waals surface area contributed by atoms with Crippen LogP contribution in [0, 0.1) is 21.4 Å². The Hall–Kier alpha value is -2.46. The first kappa shape index (κ1) is 12.0. The van der Waals surface area contributed by atoms with Gasteiger partial charge in [-0.1, -0.05) is 0 Å². The maximum absolute atomic E-state index is 10.8. The smallest absolute Gasteiger partial charge is 0.258 e. The number of hydrogen-bond donors (Lipinski definition) is 0. The van der Waals surface area contributed by atoms with Gasteiger partial charge in [0.25, 0.3) is 5.69 Å². The Labute approximate surface area is 106 Å². The standard InChI is InChI=1S/C11H6N4O2S/c12-7-8-2-3-9(6-10(8)15(16)17)18-11-13-4-1-5-14-11/h1-6H. The largest absolute Gasteiger partial charge is 0.288 e. The fraction of sp³-hybridized carbons (Fsp3) is 0. The third-order valence-corrected chi connectivity index (χ3v) is 2.92. The van der Waals surface area contributed by atoms with Crippen molar-refractivity contribution in [1.82, 2.24) is 9.97 Å². The molecule has 18 heavy (non-hydrogen) atoms. The molecular weight excluding hydrogens is 252 g/mol. The Morgan fingerprint density at radius 1 is 1.33 bits per heavy atom. The zero-order chi connectivity index (χ0) is 13.0. The number of benzene rings is 1. The van der Waals surface area contributed by atoms with Gasteiger partial charge in [0.05, 0.1) is 4.92 Å². The second kappa shape index (κ2) is 5.25. The molecule has 6 nitrogen and oxygen atoms in total. The Morgan fingerprint density at radius 3 is 2.67 bits per heavy atom. The van der Waals surface area contributed by atoms with Crippen LogP contribution in [0.3, 0.4) is 0 Å². The zero-order valence-corrected chi connectivity index (χ0v) is 9.79. The molecule has 0 unspecified atom stereocenters. The molecule has 0 fully saturated rings. The lowest BCUT2D eigenvalue weighted by Gasteiger charge is -2.00. The van der Waals surface area contributed by atoms with Crippen LogP contribution in [0.1, 0.15) is 5.56 Å². The third kappa shape index (κ3) is 2.61. The topological polar surface area (TPSA) is 92.7 Å². The molecule has 0 aliphatic heterocycles. The van der Waals surface area contributed by atoms with Crippen LogP contribution in [-0.2, 0) is 0 Å². The van der Waals surface area contributed by atoms with E-state index in [1.54, 1.807) is 30.6 Å². The molecule has 0 aliphatic rings. The van der Waals surface area contributed by atoms with Crippen molar-refractivity contribution in [2.45, 2.75) is 10.1 Å². The predicted molar refractivity (Wildman–Crippen MR) is 64.0 cm³/mol. The van der Waals surface area contributed by atoms with Crippen LogP contribution in [0.2, 0.25) is 0 Å². The van der Waals surface area contributed by atoms with Gasteiger partial charge in [0.2, 0.25) is 0 Å². The molecule has 1 heterocycles. The van der Waals surface area contributed by atoms with Gasteiger partial charge in [-0.3, -0.25) is 10.1 Å². The summed E-state index contributed by atoms with van der Waals surface area (Å²) in [5.41, 5.74) is -0.170. The van der Waals surface area contributed by atoms with Crippen molar-refractivity contribution in [2.75, 3.05) is 0 Å². The first-order valence-electron chi connectivity index (χ1n) is 4.84. The van der Waals surface area contributed by atoms with Crippen molar-refractivity contribution >= 4 is 17.4 Å². The van der Waals surface area contributed by atoms with E-state index in [-0.39, 0.29) is 11.3 Å². The van der Waals surface area contributed by atoms with Crippen LogP contribution < -0.4 is 0 Å². The minimum absolute atomic E-state index is 0.0401. The highest BCUT2D eigenvalue weighted by Gasteiger charge is 2.14. The molecule has 0 bridgehead atoms. The minimum atomic E-state index is -0.575. The average Bonchev–Trinajstić information content (AvgIpc) is 2.40. The summed E-state index contributed by atoms with van der Waals surface area (Å²) in [7, 11) is 0. The molecule has 1 aromatic carbocycles. The van der Waals surface area contributed by atoms with E-state index in [0.717, 1.165) is 0 Å². The maximum Gasteiger partial charge on any atom is 0.288 e. The molecule has 0 amide bonds. The first-order valence-corrected chi connectivity index (χ1v) is 5.66. The fourth-order valence-corrected chi connectivity index (χ4v) is 2.01. The molecule has 0 spiro atoms. The van der Waals surface area contributed by atoms with Crippen LogP contribution in [0.4, 0.5) is 5.69 Å². The lowest BCUT2D eigenvalue weighted by molar-refractivity contribution is -0.385. The van der Waals surface area contributed by atoms with Gasteiger partial charge in [-0.05, 0) is 30.0 Å². The highest BCUT2D eigenvalue weighted by molar-refractivity contribution is 7.99. The molecule has 1 aromatic heterocycles. The number of nitro benzene ring substituents is 1. The molecular formula is C11H6N4O2S. The van der Waals surface area contributed by atoms with E-state index in [4.69, 9.17) is 5.26 Å². The van der Waals surface area contributed by atoms with Crippen LogP contribution in [0.25, 0.3) is 0 Å². The number of hydrogen-bond acceptors (Lipinski definition) is 6. The Bertz CT molecular complexity index is 625. The molecule has 0 saturated carbocycles. The molecule has 0 aliphatic carbocycles. The quantitative estimate of drug-likeness (QED) is 0.476. The molecule has 0 atom stereocenters. The van der Waals surface area contributed by atoms with Gasteiger partial charge >= 0.3 is 0 Å². The van der Waals surface area contributed by atoms with E-state index < -0.39 is 4.92 Å². The second-order valence-corrected chi connectivity index (χ2v) is 4.22. The highest BCUT2D eigenvalue weighted by Crippen LogP contribution is 2.29. The molecule has 2 rings (SSSR count). The molecule has 0 saturated heterocycles. The highest BCUT2D eigenvalue weighted by atomic mass is 32.2. The summed E-state index contributed by atoms with van der Waals surface area (Å²) >= 11 is 1.20. The summed E-state index contributed by atoms with van der Waals surface area (Å²) in [6.45, 7) is 0. The molecule has 2 aromatic rings. The summed E-state index contributed by atoms with van der Waals surface area (Å²) in [5.74, 6) is 0. The first-order chi connectivity index (χ1) is 8.70. The summed E-state index contributed by atoms with van der Waals surface area (Å²) in [6, 6.07) is 7.87. The van der Waals surface area contributed by atoms with Crippen molar-refractivity contribution in [3.63, 3.8) is 0 Å². The van der Waals surface area contributed by atoms with Crippen molar-refractivity contribution in [3.05, 3.63) is 52.3 Å². The predicted octanol–water partition coefficient (Wildman–Crippen LogP) is 2.41. The molecule has 0 N–H and O–H groups in total. The van der Waals surface area contributed by atoms with Gasteiger partial charge in [0, 0.05) is 23.4 Å². The van der Waals surface area contributed by atoms with Gasteiger partial charge in [0.15, 0.2) is 5.16 Å². The van der Waals surface area contributed by atoms with Crippen molar-refractivity contribution in [2.24, 2.45) is 0 Å². The number of nitrogens with zero attached hydrogens (tertiary/aromatic N) is 4. The third-order valence-electron chi connectivity index (χ3n) is 2.04. The number of rotatable bonds is 3. The van der Waals surface area contributed by atoms with E-state index in [2.05, 4.69) is 9.97 Å². The number of aromatic nitrogens is 2. The van der Waals surface area contributed by atoms with Gasteiger partial charge in [-0.25, -0.2) is 9.97 Å². The summed E-state index contributed by atoms with van der Waals surface area (Å²) in [4.78, 5) is 18.9. The Balaban J connectivity index is 2.34. The van der Waals surface area contributed by atoms with Crippen LogP contribution in [0.5, 0.6) is 0 Å². The maximum atomic E-state index is 10.8. The normalized spacial score (nSPS) is 9.72. The Kier molecular flexibility index (Phi) is 3.50. The zero-order valence-electron chi connectivity index (χ0n) is 8.98. The van der Waals surface area contributed by atoms with E-state index in [0.29, 0.717) is 10.1 Å².